The number of fused-ring (bicyclic) bond motifs is 10. The number of carbonyl (C=O) groups excluding carboxylic acids is 3. The maximum absolute atomic E-state index is 16.1. The van der Waals surface area contributed by atoms with Crippen LogP contribution in [-0.4, -0.2) is 86.9 Å². The van der Waals surface area contributed by atoms with E-state index in [1.54, 1.807) is 14.0 Å². The third-order valence-corrected chi connectivity index (χ3v) is 18.8. The first-order valence-electron chi connectivity index (χ1n) is 27.6. The lowest BCUT2D eigenvalue weighted by molar-refractivity contribution is -0.221. The second-order valence-corrected chi connectivity index (χ2v) is 23.5. The minimum Gasteiger partial charge on any atom is -0.507 e. The topological polar surface area (TPSA) is 192 Å². The van der Waals surface area contributed by atoms with E-state index in [0.29, 0.717) is 90.0 Å². The molecular formula is C62H73NO11. The number of hydrogen-bond acceptors (Lipinski definition) is 12. The number of nitrogens with one attached hydrogen (secondary N) is 1. The van der Waals surface area contributed by atoms with Gasteiger partial charge in [0, 0.05) is 80.2 Å². The molecule has 5 aliphatic carbocycles. The van der Waals surface area contributed by atoms with Crippen LogP contribution in [-0.2, 0) is 56.1 Å². The minimum absolute atomic E-state index is 0.0115. The molecule has 3 aliphatic heterocycles. The van der Waals surface area contributed by atoms with Crippen LogP contribution in [0.15, 0.2) is 65.8 Å². The second kappa shape index (κ2) is 20.7. The number of anilines is 1. The van der Waals surface area contributed by atoms with Crippen LogP contribution in [0.25, 0.3) is 0 Å². The molecule has 3 aromatic carbocycles. The summed E-state index contributed by atoms with van der Waals surface area (Å²) in [5, 5.41) is 65.1. The van der Waals surface area contributed by atoms with E-state index in [2.05, 4.69) is 47.5 Å². The maximum atomic E-state index is 16.1. The Morgan fingerprint density at radius 1 is 0.878 bits per heavy atom. The number of ketones is 1. The van der Waals surface area contributed by atoms with Gasteiger partial charge in [0.05, 0.1) is 30.7 Å². The molecule has 8 aliphatic rings. The van der Waals surface area contributed by atoms with Crippen LogP contribution in [0.2, 0.25) is 0 Å². The van der Waals surface area contributed by atoms with Gasteiger partial charge < -0.3 is 45.1 Å². The highest BCUT2D eigenvalue weighted by Crippen LogP contribution is 2.58. The Labute approximate surface area is 435 Å². The zero-order chi connectivity index (χ0) is 51.5. The summed E-state index contributed by atoms with van der Waals surface area (Å²) in [5.74, 6) is 3.52. The van der Waals surface area contributed by atoms with Crippen LogP contribution in [0, 0.1) is 41.4 Å². The van der Waals surface area contributed by atoms with Crippen molar-refractivity contribution in [3.8, 4) is 23.3 Å². The molecule has 0 radical (unpaired) electrons. The molecule has 3 saturated carbocycles. The number of phenolic OH excluding ortho intramolecular Hbond substituents is 1. The predicted molar refractivity (Wildman–Crippen MR) is 278 cm³/mol. The smallest absolute Gasteiger partial charge is 0.334 e. The predicted octanol–water partition coefficient (Wildman–Crippen LogP) is 8.50. The van der Waals surface area contributed by atoms with Crippen LogP contribution in [0.4, 0.5) is 5.69 Å². The van der Waals surface area contributed by atoms with Gasteiger partial charge in [-0.1, -0.05) is 67.5 Å². The van der Waals surface area contributed by atoms with Crippen molar-refractivity contribution in [3.63, 3.8) is 0 Å². The van der Waals surface area contributed by atoms with E-state index in [0.717, 1.165) is 61.6 Å². The number of methoxy groups -OCH3 is 1. The lowest BCUT2D eigenvalue weighted by atomic mass is 9.49. The number of phenols is 1. The molecule has 3 aromatic rings. The average molecular weight is 1010 g/mol. The largest absolute Gasteiger partial charge is 0.507 e. The van der Waals surface area contributed by atoms with Crippen LogP contribution < -0.4 is 10.1 Å². The van der Waals surface area contributed by atoms with Gasteiger partial charge >= 0.3 is 11.9 Å². The Hall–Kier alpha value is -5.29. The first-order valence-corrected chi connectivity index (χ1v) is 27.6. The summed E-state index contributed by atoms with van der Waals surface area (Å²) in [6, 6.07) is 13.8. The molecule has 0 unspecified atom stereocenters. The van der Waals surface area contributed by atoms with Crippen molar-refractivity contribution in [2.45, 2.75) is 170 Å². The number of aliphatic hydroxyl groups is 4. The minimum atomic E-state index is -1.64. The maximum Gasteiger partial charge on any atom is 0.334 e. The Morgan fingerprint density at radius 2 is 1.70 bits per heavy atom. The Balaban J connectivity index is 1.15. The van der Waals surface area contributed by atoms with Crippen molar-refractivity contribution in [2.75, 3.05) is 25.6 Å². The van der Waals surface area contributed by atoms with Crippen LogP contribution >= 0.6 is 0 Å². The molecule has 0 saturated heterocycles. The first-order chi connectivity index (χ1) is 35.7. The molecule has 74 heavy (non-hydrogen) atoms. The number of benzene rings is 3. The van der Waals surface area contributed by atoms with Gasteiger partial charge in [-0.3, -0.25) is 9.59 Å². The van der Waals surface area contributed by atoms with Crippen molar-refractivity contribution in [3.05, 3.63) is 110 Å². The molecule has 392 valence electrons. The first kappa shape index (κ1) is 50.8. The summed E-state index contributed by atoms with van der Waals surface area (Å²) in [6.07, 6.45) is 11.4. The van der Waals surface area contributed by atoms with Gasteiger partial charge in [-0.05, 0) is 158 Å². The van der Waals surface area contributed by atoms with Crippen LogP contribution in [0.5, 0.6) is 11.5 Å². The fraction of sp³-hybridized carbons (Fsp3) is 0.565. The molecule has 0 aromatic heterocycles. The van der Waals surface area contributed by atoms with E-state index in [1.165, 1.54) is 0 Å². The lowest BCUT2D eigenvalue weighted by Gasteiger charge is -2.58. The summed E-state index contributed by atoms with van der Waals surface area (Å²) in [6.45, 7) is 1.96. The summed E-state index contributed by atoms with van der Waals surface area (Å²) >= 11 is 0. The van der Waals surface area contributed by atoms with E-state index in [1.807, 2.05) is 24.3 Å². The molecule has 6 N–H and O–H groups in total. The van der Waals surface area contributed by atoms with Gasteiger partial charge in [-0.25, -0.2) is 4.79 Å². The number of aryl methyl sites for hydroxylation is 1. The summed E-state index contributed by atoms with van der Waals surface area (Å²) in [7, 11) is 1.59. The van der Waals surface area contributed by atoms with E-state index in [4.69, 9.17) is 14.2 Å². The van der Waals surface area contributed by atoms with E-state index < -0.39 is 53.1 Å². The van der Waals surface area contributed by atoms with Crippen molar-refractivity contribution >= 4 is 23.4 Å². The van der Waals surface area contributed by atoms with Gasteiger partial charge in [0.1, 0.15) is 29.0 Å². The molecule has 11 rings (SSSR count). The van der Waals surface area contributed by atoms with Gasteiger partial charge in [0.2, 0.25) is 0 Å². The van der Waals surface area contributed by atoms with Crippen molar-refractivity contribution < 1.29 is 54.1 Å². The van der Waals surface area contributed by atoms with E-state index >= 15 is 4.79 Å². The third kappa shape index (κ3) is 9.66. The molecule has 11 atom stereocenters. The van der Waals surface area contributed by atoms with E-state index in [-0.39, 0.29) is 92.0 Å². The van der Waals surface area contributed by atoms with Gasteiger partial charge in [0.15, 0.2) is 0 Å². The number of carbonyl (C=O) groups is 3. The summed E-state index contributed by atoms with van der Waals surface area (Å²) in [4.78, 5) is 44.3. The average Bonchev–Trinajstić information content (AvgIpc) is 3.55. The number of aliphatic hydroxyl groups excluding tert-OH is 2. The number of aromatic hydroxyl groups is 1. The summed E-state index contributed by atoms with van der Waals surface area (Å²) in [5.41, 5.74) is 4.66. The van der Waals surface area contributed by atoms with Crippen molar-refractivity contribution in [2.24, 2.45) is 29.6 Å². The number of Topliss-reactive ketones (excluding diaryl/α,β-unsaturated/α-hetero) is 1. The molecule has 12 nitrogen and oxygen atoms in total. The quantitative estimate of drug-likeness (QED) is 0.0520. The SMILES string of the molecule is COCC[C@@](C)(O)CNc1cc(CO)cc([C@H]2C#C[C@@H]3CC(=O)Oc4c3cc(c(O)c4C3CCCCC3)C[C@H]3OC(=O)/C(=C4\CCc5ccc(cc5C[C@H]4O)C[C@H]4C(=O)CC[C@H]5[C@@H]4C[C@@H]4C=CCC[C@H]4[C@@]35O)C2)c1. The van der Waals surface area contributed by atoms with Crippen molar-refractivity contribution in [1.82, 2.24) is 0 Å². The van der Waals surface area contributed by atoms with Gasteiger partial charge in [-0.15, -0.1) is 0 Å². The molecular weight excluding hydrogens is 935 g/mol. The number of allylic oxidation sites excluding steroid dienone is 2. The van der Waals surface area contributed by atoms with Crippen LogP contribution in [0.3, 0.4) is 0 Å². The highest BCUT2D eigenvalue weighted by molar-refractivity contribution is 5.90. The van der Waals surface area contributed by atoms with E-state index in [9.17, 15) is 35.1 Å². The highest BCUT2D eigenvalue weighted by Gasteiger charge is 2.62. The monoisotopic (exact) mass is 1010 g/mol. The standard InChI is InChI=1S/C62H73NO11/c1-61(70,20-21-72-2)34-63-45-24-36(33-64)23-42(26-45)39-14-15-40-32-56(67)74-59-47(40)29-44(58(68)57(59)38-8-4-3-5-9-38)31-55-62(71)51-11-7-6-10-41(51)28-48-49(53(65)19-18-52(48)62)25-35-12-13-37-16-17-46(50(27-39)60(69)73-55)54(66)30-43(37)22-35/h6,10,12-13,22-24,26,29,38-41,48-49,51-52,54-55,63-64,66,68,70-71H,3-5,7-9,11,16-21,25,27-28,30-34H2,1-2H3/b50-46+/t39-,40+,41-,48+,49+,51+,52-,54+,55+,61+,62-/m0/s1. The number of esters is 2. The zero-order valence-corrected chi connectivity index (χ0v) is 43.0. The Morgan fingerprint density at radius 3 is 2.51 bits per heavy atom. The summed E-state index contributed by atoms with van der Waals surface area (Å²) < 4.78 is 18.6. The molecule has 12 heteroatoms. The fourth-order valence-electron chi connectivity index (χ4n) is 14.9. The van der Waals surface area contributed by atoms with Crippen molar-refractivity contribution in [1.29, 1.82) is 0 Å². The molecule has 0 spiro atoms. The number of hydrogen-bond donors (Lipinski definition) is 6. The highest BCUT2D eigenvalue weighted by atomic mass is 16.6. The zero-order valence-electron chi connectivity index (χ0n) is 43.0. The second-order valence-electron chi connectivity index (χ2n) is 23.5. The Bertz CT molecular complexity index is 2830. The third-order valence-electron chi connectivity index (χ3n) is 18.8. The van der Waals surface area contributed by atoms with Crippen LogP contribution in [0.1, 0.15) is 159 Å². The van der Waals surface area contributed by atoms with Gasteiger partial charge in [-0.2, -0.15) is 0 Å². The molecule has 3 fully saturated rings. The van der Waals surface area contributed by atoms with Gasteiger partial charge in [0.25, 0.3) is 0 Å². The molecule has 11 bridgehead atoms. The Kier molecular flexibility index (Phi) is 14.2. The fourth-order valence-corrected chi connectivity index (χ4v) is 14.9. The number of ether oxygens (including phenoxy) is 3. The number of rotatable bonds is 9. The normalized spacial score (nSPS) is 32.5. The molecule has 0 amide bonds. The molecule has 3 heterocycles. The lowest BCUT2D eigenvalue weighted by Crippen LogP contribution is -2.65.